The fraction of sp³-hybridized carbons (Fsp3) is 0.514. The van der Waals surface area contributed by atoms with Crippen molar-refractivity contribution in [2.24, 2.45) is 5.92 Å². The SMILES string of the molecule is COCCCc1cc(COc2cc(CC(C)C)cc(OCc3cc(OCCOC)cc(OCCOC)c3)c2)cc(OCCOC)c1. The normalized spacial score (nSPS) is 11.1. The minimum Gasteiger partial charge on any atom is -0.491 e. The number of hydrogen-bond acceptors (Lipinski definition) is 9. The Balaban J connectivity index is 1.77. The lowest BCUT2D eigenvalue weighted by Gasteiger charge is -2.16. The minimum atomic E-state index is 0.332. The molecule has 0 unspecified atom stereocenters. The van der Waals surface area contributed by atoms with Gasteiger partial charge < -0.3 is 42.6 Å². The fourth-order valence-electron chi connectivity index (χ4n) is 4.79. The zero-order valence-corrected chi connectivity index (χ0v) is 28.4. The summed E-state index contributed by atoms with van der Waals surface area (Å²) in [7, 11) is 6.69. The largest absolute Gasteiger partial charge is 0.491 e. The van der Waals surface area contributed by atoms with Crippen LogP contribution in [0.4, 0.5) is 0 Å². The molecular weight excluding hydrogens is 588 g/mol. The summed E-state index contributed by atoms with van der Waals surface area (Å²) in [6.07, 6.45) is 2.72. The van der Waals surface area contributed by atoms with Gasteiger partial charge in [-0.25, -0.2) is 0 Å². The first-order valence-electron chi connectivity index (χ1n) is 15.9. The molecule has 9 heteroatoms. The van der Waals surface area contributed by atoms with Crippen LogP contribution in [0.2, 0.25) is 0 Å². The molecule has 0 aliphatic rings. The molecule has 0 aliphatic carbocycles. The summed E-state index contributed by atoms with van der Waals surface area (Å²) in [6.45, 7) is 8.71. The van der Waals surface area contributed by atoms with Gasteiger partial charge in [0.15, 0.2) is 0 Å². The number of rotatable bonds is 24. The summed E-state index contributed by atoms with van der Waals surface area (Å²) >= 11 is 0. The molecule has 0 aliphatic heterocycles. The molecule has 46 heavy (non-hydrogen) atoms. The zero-order chi connectivity index (χ0) is 33.0. The highest BCUT2D eigenvalue weighted by atomic mass is 16.5. The van der Waals surface area contributed by atoms with Crippen LogP contribution in [0.5, 0.6) is 28.7 Å². The average Bonchev–Trinajstić information content (AvgIpc) is 3.03. The van der Waals surface area contributed by atoms with Crippen LogP contribution in [0, 0.1) is 5.92 Å². The maximum Gasteiger partial charge on any atom is 0.123 e. The first kappa shape index (κ1) is 37.0. The Morgan fingerprint density at radius 2 is 0.804 bits per heavy atom. The van der Waals surface area contributed by atoms with E-state index in [9.17, 15) is 0 Å². The summed E-state index contributed by atoms with van der Waals surface area (Å²) in [6, 6.07) is 18.2. The molecule has 0 saturated carbocycles. The van der Waals surface area contributed by atoms with E-state index in [1.165, 1.54) is 5.56 Å². The van der Waals surface area contributed by atoms with E-state index < -0.39 is 0 Å². The van der Waals surface area contributed by atoms with Crippen molar-refractivity contribution in [3.05, 3.63) is 76.9 Å². The molecule has 0 aromatic heterocycles. The summed E-state index contributed by atoms with van der Waals surface area (Å²) in [5, 5.41) is 0. The standard InChI is InChI=1S/C37H52O9/c1-28(2)16-30-19-36(45-26-31-17-29(8-7-9-38-3)18-33(21-31)42-13-10-39-4)25-37(20-30)46-27-32-22-34(43-14-11-40-5)24-35(23-32)44-15-12-41-6/h17-25,28H,7-16,26-27H2,1-6H3. The second-order valence-corrected chi connectivity index (χ2v) is 11.4. The highest BCUT2D eigenvalue weighted by Crippen LogP contribution is 2.29. The quantitative estimate of drug-likeness (QED) is 0.0994. The van der Waals surface area contributed by atoms with Crippen molar-refractivity contribution in [3.8, 4) is 28.7 Å². The third-order valence-corrected chi connectivity index (χ3v) is 6.84. The van der Waals surface area contributed by atoms with Gasteiger partial charge in [0.2, 0.25) is 0 Å². The van der Waals surface area contributed by atoms with Crippen molar-refractivity contribution in [1.29, 1.82) is 0 Å². The van der Waals surface area contributed by atoms with Gasteiger partial charge >= 0.3 is 0 Å². The van der Waals surface area contributed by atoms with Gasteiger partial charge in [0.1, 0.15) is 61.8 Å². The molecule has 254 valence electrons. The van der Waals surface area contributed by atoms with Crippen molar-refractivity contribution < 1.29 is 42.6 Å². The van der Waals surface area contributed by atoms with E-state index >= 15 is 0 Å². The molecule has 0 saturated heterocycles. The second kappa shape index (κ2) is 21.3. The molecule has 0 amide bonds. The molecule has 3 aromatic carbocycles. The molecule has 0 N–H and O–H groups in total. The molecule has 3 aromatic rings. The fourth-order valence-corrected chi connectivity index (χ4v) is 4.79. The summed E-state index contributed by atoms with van der Waals surface area (Å²) in [5.41, 5.74) is 4.29. The first-order valence-corrected chi connectivity index (χ1v) is 15.9. The Labute approximate surface area is 275 Å². The van der Waals surface area contributed by atoms with E-state index in [0.29, 0.717) is 76.9 Å². The molecule has 0 bridgehead atoms. The van der Waals surface area contributed by atoms with Gasteiger partial charge in [-0.05, 0) is 83.8 Å². The number of aryl methyl sites for hydroxylation is 1. The van der Waals surface area contributed by atoms with Crippen molar-refractivity contribution in [3.63, 3.8) is 0 Å². The Bertz CT molecular complexity index is 1130. The summed E-state index contributed by atoms with van der Waals surface area (Å²) < 4.78 is 51.1. The molecule has 9 nitrogen and oxygen atoms in total. The van der Waals surface area contributed by atoms with Gasteiger partial charge in [0.25, 0.3) is 0 Å². The highest BCUT2D eigenvalue weighted by molar-refractivity contribution is 5.41. The van der Waals surface area contributed by atoms with Gasteiger partial charge in [0, 0.05) is 47.2 Å². The van der Waals surface area contributed by atoms with Crippen molar-refractivity contribution in [1.82, 2.24) is 0 Å². The van der Waals surface area contributed by atoms with Crippen LogP contribution in [0.1, 0.15) is 42.5 Å². The highest BCUT2D eigenvalue weighted by Gasteiger charge is 2.10. The predicted molar refractivity (Wildman–Crippen MR) is 179 cm³/mol. The summed E-state index contributed by atoms with van der Waals surface area (Å²) in [4.78, 5) is 0. The lowest BCUT2D eigenvalue weighted by Crippen LogP contribution is -2.07. The predicted octanol–water partition coefficient (Wildman–Crippen LogP) is 6.70. The minimum absolute atomic E-state index is 0.332. The molecule has 0 spiro atoms. The van der Waals surface area contributed by atoms with Gasteiger partial charge in [-0.3, -0.25) is 0 Å². The van der Waals surface area contributed by atoms with E-state index in [-0.39, 0.29) is 0 Å². The Morgan fingerprint density at radius 1 is 0.413 bits per heavy atom. The van der Waals surface area contributed by atoms with E-state index in [1.807, 2.05) is 30.3 Å². The van der Waals surface area contributed by atoms with E-state index in [0.717, 1.165) is 53.2 Å². The van der Waals surface area contributed by atoms with Crippen LogP contribution in [0.25, 0.3) is 0 Å². The van der Waals surface area contributed by atoms with Crippen LogP contribution in [0.3, 0.4) is 0 Å². The molecule has 0 atom stereocenters. The Morgan fingerprint density at radius 3 is 1.26 bits per heavy atom. The monoisotopic (exact) mass is 640 g/mol. The second-order valence-electron chi connectivity index (χ2n) is 11.4. The van der Waals surface area contributed by atoms with E-state index in [4.69, 9.17) is 42.6 Å². The molecule has 3 rings (SSSR count). The molecule has 0 radical (unpaired) electrons. The number of ether oxygens (including phenoxy) is 9. The van der Waals surface area contributed by atoms with Gasteiger partial charge in [-0.2, -0.15) is 0 Å². The van der Waals surface area contributed by atoms with E-state index in [2.05, 4.69) is 38.1 Å². The smallest absolute Gasteiger partial charge is 0.123 e. The number of hydrogen-bond donors (Lipinski definition) is 0. The van der Waals surface area contributed by atoms with Crippen LogP contribution < -0.4 is 23.7 Å². The third kappa shape index (κ3) is 14.3. The zero-order valence-electron chi connectivity index (χ0n) is 28.4. The lowest BCUT2D eigenvalue weighted by molar-refractivity contribution is 0.142. The molecule has 0 fully saturated rings. The first-order chi connectivity index (χ1) is 22.4. The Hall–Kier alpha value is -3.50. The number of methoxy groups -OCH3 is 4. The number of benzene rings is 3. The van der Waals surface area contributed by atoms with Crippen LogP contribution >= 0.6 is 0 Å². The van der Waals surface area contributed by atoms with Gasteiger partial charge in [-0.1, -0.05) is 19.9 Å². The van der Waals surface area contributed by atoms with Crippen molar-refractivity contribution >= 4 is 0 Å². The molecular formula is C37H52O9. The van der Waals surface area contributed by atoms with Crippen LogP contribution in [0.15, 0.2) is 54.6 Å². The van der Waals surface area contributed by atoms with E-state index in [1.54, 1.807) is 28.4 Å². The lowest BCUT2D eigenvalue weighted by atomic mass is 10.0. The topological polar surface area (TPSA) is 83.1 Å². The van der Waals surface area contributed by atoms with Crippen molar-refractivity contribution in [2.75, 3.05) is 74.7 Å². The average molecular weight is 641 g/mol. The van der Waals surface area contributed by atoms with Crippen LogP contribution in [-0.4, -0.2) is 74.7 Å². The molecule has 0 heterocycles. The summed E-state index contributed by atoms with van der Waals surface area (Å²) in [5.74, 6) is 4.16. The van der Waals surface area contributed by atoms with Crippen molar-refractivity contribution in [2.45, 2.75) is 46.3 Å². The third-order valence-electron chi connectivity index (χ3n) is 6.84. The maximum atomic E-state index is 6.37. The Kier molecular flexibility index (Phi) is 17.1. The van der Waals surface area contributed by atoms with Crippen LogP contribution in [-0.2, 0) is 45.0 Å². The maximum absolute atomic E-state index is 6.37. The van der Waals surface area contributed by atoms with Gasteiger partial charge in [-0.15, -0.1) is 0 Å². The van der Waals surface area contributed by atoms with Gasteiger partial charge in [0.05, 0.1) is 19.8 Å².